The van der Waals surface area contributed by atoms with Crippen molar-refractivity contribution < 1.29 is 14.2 Å². The summed E-state index contributed by atoms with van der Waals surface area (Å²) in [4.78, 5) is 11.7. The maximum absolute atomic E-state index is 11.7. The van der Waals surface area contributed by atoms with Crippen molar-refractivity contribution >= 4 is 29.0 Å². The molecule has 0 fully saturated rings. The van der Waals surface area contributed by atoms with Crippen LogP contribution in [-0.4, -0.2) is 17.0 Å². The second-order valence-corrected chi connectivity index (χ2v) is 6.24. The van der Waals surface area contributed by atoms with Gasteiger partial charge in [-0.05, 0) is 18.1 Å². The van der Waals surface area contributed by atoms with Crippen LogP contribution in [0.1, 0.15) is 30.9 Å². The number of nitrogens with one attached hydrogen (secondary N) is 1. The van der Waals surface area contributed by atoms with Crippen LogP contribution in [0.25, 0.3) is 5.76 Å². The second-order valence-electron chi connectivity index (χ2n) is 5.43. The number of aromatic amines is 1. The summed E-state index contributed by atoms with van der Waals surface area (Å²) in [6, 6.07) is 4.87. The van der Waals surface area contributed by atoms with Gasteiger partial charge in [0.2, 0.25) is 12.7 Å². The monoisotopic (exact) mass is 368 g/mol. The molecule has 0 aliphatic carbocycles. The molecule has 0 amide bonds. The number of H-pyrrole nitrogens is 1. The Labute approximate surface area is 147 Å². The zero-order chi connectivity index (χ0) is 17.3. The Bertz CT molecular complexity index is 838. The number of hydrogen-bond donors (Lipinski definition) is 1. The van der Waals surface area contributed by atoms with Crippen LogP contribution >= 0.6 is 23.2 Å². The Hall–Kier alpha value is -2.18. The van der Waals surface area contributed by atoms with E-state index in [9.17, 15) is 4.79 Å². The van der Waals surface area contributed by atoms with Crippen LogP contribution in [0.4, 0.5) is 0 Å². The van der Waals surface area contributed by atoms with E-state index in [1.165, 1.54) is 6.26 Å². The summed E-state index contributed by atoms with van der Waals surface area (Å²) in [5.74, 6) is 1.01. The third-order valence-corrected chi connectivity index (χ3v) is 3.95. The Morgan fingerprint density at radius 2 is 1.96 bits per heavy atom. The molecule has 0 spiro atoms. The molecule has 0 saturated carbocycles. The first-order chi connectivity index (χ1) is 11.5. The maximum atomic E-state index is 11.7. The van der Waals surface area contributed by atoms with Crippen LogP contribution in [0.15, 0.2) is 29.3 Å². The molecule has 0 bridgehead atoms. The van der Waals surface area contributed by atoms with Gasteiger partial charge in [-0.1, -0.05) is 37.0 Å². The molecular formula is C16H14Cl2N2O4. The molecule has 8 heteroatoms. The molecular weight excluding hydrogens is 355 g/mol. The van der Waals surface area contributed by atoms with Crippen molar-refractivity contribution in [3.63, 3.8) is 0 Å². The van der Waals surface area contributed by atoms with Gasteiger partial charge < -0.3 is 14.2 Å². The van der Waals surface area contributed by atoms with E-state index >= 15 is 0 Å². The van der Waals surface area contributed by atoms with Gasteiger partial charge in [0.1, 0.15) is 6.26 Å². The Morgan fingerprint density at radius 3 is 2.54 bits per heavy atom. The number of halogens is 2. The van der Waals surface area contributed by atoms with Crippen LogP contribution in [0.5, 0.6) is 11.6 Å². The van der Waals surface area contributed by atoms with E-state index in [0.29, 0.717) is 16.9 Å². The summed E-state index contributed by atoms with van der Waals surface area (Å²) in [5, 5.41) is 6.84. The highest BCUT2D eigenvalue weighted by atomic mass is 35.5. The van der Waals surface area contributed by atoms with Gasteiger partial charge in [-0.2, -0.15) is 0 Å². The van der Waals surface area contributed by atoms with Crippen molar-refractivity contribution in [2.75, 3.05) is 6.79 Å². The van der Waals surface area contributed by atoms with Crippen molar-refractivity contribution in [1.29, 1.82) is 0 Å². The van der Waals surface area contributed by atoms with Gasteiger partial charge in [-0.15, -0.1) is 5.10 Å². The Balaban J connectivity index is 1.93. The summed E-state index contributed by atoms with van der Waals surface area (Å²) in [5.41, 5.74) is 0.980. The van der Waals surface area contributed by atoms with Crippen molar-refractivity contribution in [3.05, 3.63) is 56.0 Å². The van der Waals surface area contributed by atoms with Gasteiger partial charge in [-0.25, -0.2) is 5.10 Å². The van der Waals surface area contributed by atoms with E-state index in [2.05, 4.69) is 10.2 Å². The average Bonchev–Trinajstić information content (AvgIpc) is 3.06. The molecule has 1 aliphatic heterocycles. The van der Waals surface area contributed by atoms with E-state index in [-0.39, 0.29) is 39.9 Å². The molecule has 3 rings (SSSR count). The summed E-state index contributed by atoms with van der Waals surface area (Å²) < 4.78 is 16.0. The lowest BCUT2D eigenvalue weighted by molar-refractivity contribution is 0.100. The molecule has 24 heavy (non-hydrogen) atoms. The predicted molar refractivity (Wildman–Crippen MR) is 90.5 cm³/mol. The van der Waals surface area contributed by atoms with Crippen LogP contribution in [0, 0.1) is 0 Å². The molecule has 0 unspecified atom stereocenters. The topological polar surface area (TPSA) is 73.4 Å². The predicted octanol–water partition coefficient (Wildman–Crippen LogP) is 4.30. The first-order valence-corrected chi connectivity index (χ1v) is 7.92. The lowest BCUT2D eigenvalue weighted by Gasteiger charge is -2.12. The lowest BCUT2D eigenvalue weighted by atomic mass is 10.1. The normalized spacial score (nSPS) is 13.5. The fourth-order valence-electron chi connectivity index (χ4n) is 2.18. The van der Waals surface area contributed by atoms with E-state index in [4.69, 9.17) is 37.4 Å². The van der Waals surface area contributed by atoms with Gasteiger partial charge in [0, 0.05) is 17.2 Å². The number of nitrogens with zero attached hydrogens (tertiary/aromatic N) is 1. The lowest BCUT2D eigenvalue weighted by Crippen LogP contribution is -2.15. The molecule has 2 heterocycles. The van der Waals surface area contributed by atoms with Gasteiger partial charge in [0.15, 0.2) is 11.5 Å². The standard InChI is InChI=1S/C16H14Cl2N2O4/c1-8(2)10-5-14(19-20-16(10)21)24-15-11(17)3-9(4-12(15)18)13-6-22-7-23-13/h3-6,8H,7H2,1-2H3,(H,20,21). The molecule has 1 N–H and O–H groups in total. The summed E-state index contributed by atoms with van der Waals surface area (Å²) in [7, 11) is 0. The van der Waals surface area contributed by atoms with Crippen molar-refractivity contribution in [1.82, 2.24) is 10.2 Å². The van der Waals surface area contributed by atoms with Crippen LogP contribution in [0.2, 0.25) is 10.0 Å². The van der Waals surface area contributed by atoms with E-state index in [1.54, 1.807) is 18.2 Å². The number of aromatic nitrogens is 2. The molecule has 1 aromatic heterocycles. The van der Waals surface area contributed by atoms with Crippen LogP contribution < -0.4 is 10.3 Å². The third kappa shape index (κ3) is 3.34. The van der Waals surface area contributed by atoms with Crippen molar-refractivity contribution in [2.24, 2.45) is 0 Å². The molecule has 2 aromatic rings. The maximum Gasteiger partial charge on any atom is 0.267 e. The Morgan fingerprint density at radius 1 is 1.25 bits per heavy atom. The number of hydrogen-bond acceptors (Lipinski definition) is 5. The number of benzene rings is 1. The zero-order valence-electron chi connectivity index (χ0n) is 12.9. The van der Waals surface area contributed by atoms with E-state index < -0.39 is 0 Å². The highest BCUT2D eigenvalue weighted by molar-refractivity contribution is 6.37. The van der Waals surface area contributed by atoms with Crippen molar-refractivity contribution in [2.45, 2.75) is 19.8 Å². The van der Waals surface area contributed by atoms with Gasteiger partial charge in [-0.3, -0.25) is 4.79 Å². The van der Waals surface area contributed by atoms with E-state index in [1.807, 2.05) is 13.8 Å². The van der Waals surface area contributed by atoms with Gasteiger partial charge in [0.05, 0.1) is 10.0 Å². The van der Waals surface area contributed by atoms with Gasteiger partial charge in [0.25, 0.3) is 5.56 Å². The quantitative estimate of drug-likeness (QED) is 0.870. The zero-order valence-corrected chi connectivity index (χ0v) is 14.4. The van der Waals surface area contributed by atoms with Crippen molar-refractivity contribution in [3.8, 4) is 11.6 Å². The SMILES string of the molecule is CC(C)c1cc(Oc2c(Cl)cc(C3=COCO3)cc2Cl)n[nH]c1=O. The molecule has 126 valence electrons. The minimum absolute atomic E-state index is 0.0267. The molecule has 6 nitrogen and oxygen atoms in total. The van der Waals surface area contributed by atoms with Crippen LogP contribution in [0.3, 0.4) is 0 Å². The Kier molecular flexibility index (Phi) is 4.69. The second kappa shape index (κ2) is 6.75. The molecule has 1 aliphatic rings. The fourth-order valence-corrected chi connectivity index (χ4v) is 2.74. The molecule has 1 aromatic carbocycles. The summed E-state index contributed by atoms with van der Waals surface area (Å²) in [6.07, 6.45) is 1.49. The minimum atomic E-state index is -0.254. The number of rotatable bonds is 4. The first-order valence-electron chi connectivity index (χ1n) is 7.17. The summed E-state index contributed by atoms with van der Waals surface area (Å²) >= 11 is 12.5. The highest BCUT2D eigenvalue weighted by Crippen LogP contribution is 2.39. The first kappa shape index (κ1) is 16.7. The number of ether oxygens (including phenoxy) is 3. The third-order valence-electron chi connectivity index (χ3n) is 3.39. The minimum Gasteiger partial charge on any atom is -0.461 e. The molecule has 0 saturated heterocycles. The largest absolute Gasteiger partial charge is 0.461 e. The fraction of sp³-hybridized carbons (Fsp3) is 0.250. The molecule has 0 radical (unpaired) electrons. The smallest absolute Gasteiger partial charge is 0.267 e. The molecule has 0 atom stereocenters. The van der Waals surface area contributed by atoms with Gasteiger partial charge >= 0.3 is 0 Å². The average molecular weight is 369 g/mol. The summed E-state index contributed by atoms with van der Waals surface area (Å²) in [6.45, 7) is 3.96. The highest BCUT2D eigenvalue weighted by Gasteiger charge is 2.17. The van der Waals surface area contributed by atoms with Crippen LogP contribution in [-0.2, 0) is 9.47 Å². The van der Waals surface area contributed by atoms with E-state index in [0.717, 1.165) is 0 Å².